The predicted molar refractivity (Wildman–Crippen MR) is 79.1 cm³/mol. The highest BCUT2D eigenvalue weighted by Gasteiger charge is 2.58. The molecular weight excluding hydrogens is 288 g/mol. The summed E-state index contributed by atoms with van der Waals surface area (Å²) < 4.78 is 10.2. The van der Waals surface area contributed by atoms with Crippen LogP contribution in [0.1, 0.15) is 46.5 Å². The maximum absolute atomic E-state index is 12.5. The van der Waals surface area contributed by atoms with Gasteiger partial charge in [-0.05, 0) is 40.0 Å². The van der Waals surface area contributed by atoms with Crippen molar-refractivity contribution >= 4 is 12.1 Å². The second-order valence-electron chi connectivity index (χ2n) is 7.28. The monoisotopic (exact) mass is 314 g/mol. The van der Waals surface area contributed by atoms with Crippen molar-refractivity contribution in [3.05, 3.63) is 0 Å². The fourth-order valence-corrected chi connectivity index (χ4v) is 3.39. The number of amides is 1. The third-order valence-electron chi connectivity index (χ3n) is 4.39. The summed E-state index contributed by atoms with van der Waals surface area (Å²) in [5, 5.41) is 10.8. The normalized spacial score (nSPS) is 35.0. The van der Waals surface area contributed by atoms with E-state index in [1.807, 2.05) is 0 Å². The zero-order valence-electron chi connectivity index (χ0n) is 13.7. The minimum atomic E-state index is -1.11. The van der Waals surface area contributed by atoms with Crippen LogP contribution >= 0.6 is 0 Å². The number of rotatable bonds is 1. The molecular formula is C15H26N2O5. The van der Waals surface area contributed by atoms with Gasteiger partial charge >= 0.3 is 12.1 Å². The molecule has 2 rings (SSSR count). The average Bonchev–Trinajstić information content (AvgIpc) is 2.69. The van der Waals surface area contributed by atoms with Crippen molar-refractivity contribution in [2.24, 2.45) is 5.73 Å². The maximum atomic E-state index is 12.5. The Bertz CT molecular complexity index is 461. The first kappa shape index (κ1) is 17.0. The maximum Gasteiger partial charge on any atom is 0.411 e. The lowest BCUT2D eigenvalue weighted by molar-refractivity contribution is -0.146. The summed E-state index contributed by atoms with van der Waals surface area (Å²) in [4.78, 5) is 25.9. The molecule has 2 aliphatic rings. The van der Waals surface area contributed by atoms with Crippen LogP contribution in [-0.2, 0) is 14.3 Å². The molecule has 1 aliphatic heterocycles. The molecule has 0 spiro atoms. The fourth-order valence-electron chi connectivity index (χ4n) is 3.39. The Hall–Kier alpha value is -1.34. The lowest BCUT2D eigenvalue weighted by Crippen LogP contribution is -2.55. The van der Waals surface area contributed by atoms with E-state index in [9.17, 15) is 14.7 Å². The molecule has 22 heavy (non-hydrogen) atoms. The van der Waals surface area contributed by atoms with E-state index in [2.05, 4.69) is 0 Å². The summed E-state index contributed by atoms with van der Waals surface area (Å²) in [6.07, 6.45) is 1.13. The van der Waals surface area contributed by atoms with E-state index in [0.717, 1.165) is 0 Å². The van der Waals surface area contributed by atoms with Crippen molar-refractivity contribution in [2.45, 2.75) is 75.8 Å². The van der Waals surface area contributed by atoms with Crippen molar-refractivity contribution < 1.29 is 24.2 Å². The second-order valence-corrected chi connectivity index (χ2v) is 7.28. The highest BCUT2D eigenvalue weighted by atomic mass is 16.6. The predicted octanol–water partition coefficient (Wildman–Crippen LogP) is 0.780. The Morgan fingerprint density at radius 1 is 1.36 bits per heavy atom. The number of nitrogens with zero attached hydrogens (tertiary/aromatic N) is 1. The number of ether oxygens (including phenoxy) is 2. The smallest absolute Gasteiger partial charge is 0.411 e. The molecule has 0 radical (unpaired) electrons. The van der Waals surface area contributed by atoms with Gasteiger partial charge in [-0.25, -0.2) is 9.59 Å². The van der Waals surface area contributed by atoms with Crippen molar-refractivity contribution in [1.82, 2.24) is 4.90 Å². The molecule has 0 unspecified atom stereocenters. The summed E-state index contributed by atoms with van der Waals surface area (Å²) in [5.74, 6) is -0.540. The molecule has 1 saturated carbocycles. The highest BCUT2D eigenvalue weighted by Crippen LogP contribution is 2.43. The number of esters is 1. The van der Waals surface area contributed by atoms with E-state index in [4.69, 9.17) is 15.2 Å². The molecule has 1 heterocycles. The van der Waals surface area contributed by atoms with Crippen LogP contribution < -0.4 is 5.73 Å². The number of nitrogens with two attached hydrogens (primary N) is 1. The van der Waals surface area contributed by atoms with Crippen molar-refractivity contribution in [2.75, 3.05) is 7.11 Å². The number of hydrogen-bond acceptors (Lipinski definition) is 6. The Balaban J connectivity index is 2.31. The van der Waals surface area contributed by atoms with Gasteiger partial charge in [0.25, 0.3) is 0 Å². The van der Waals surface area contributed by atoms with Crippen LogP contribution in [-0.4, -0.2) is 58.5 Å². The molecule has 7 heteroatoms. The van der Waals surface area contributed by atoms with E-state index in [-0.39, 0.29) is 12.5 Å². The molecule has 0 aromatic carbocycles. The third kappa shape index (κ3) is 3.20. The summed E-state index contributed by atoms with van der Waals surface area (Å²) in [5.41, 5.74) is 4.20. The van der Waals surface area contributed by atoms with Crippen LogP contribution in [0.5, 0.6) is 0 Å². The molecule has 0 bridgehead atoms. The van der Waals surface area contributed by atoms with Gasteiger partial charge in [0, 0.05) is 12.5 Å². The van der Waals surface area contributed by atoms with Crippen LogP contribution in [0.15, 0.2) is 0 Å². The van der Waals surface area contributed by atoms with E-state index < -0.39 is 35.3 Å². The third-order valence-corrected chi connectivity index (χ3v) is 4.39. The Morgan fingerprint density at radius 3 is 2.55 bits per heavy atom. The largest absolute Gasteiger partial charge is 0.467 e. The summed E-state index contributed by atoms with van der Waals surface area (Å²) in [6, 6.07) is -1.46. The molecule has 0 aromatic heterocycles. The molecule has 1 aliphatic carbocycles. The highest BCUT2D eigenvalue weighted by molar-refractivity contribution is 5.83. The van der Waals surface area contributed by atoms with Gasteiger partial charge in [0.2, 0.25) is 0 Å². The fraction of sp³-hybridized carbons (Fsp3) is 0.867. The van der Waals surface area contributed by atoms with E-state index >= 15 is 0 Å². The standard InChI is InChI=1S/C15H26N2O5/c1-14(2,3)22-13(19)17-10(12(18)21-4)8-15(20)6-5-9(16)7-11(15)17/h9-11,20H,5-8,16H2,1-4H3/t9-,10+,11-,15+/m1/s1. The van der Waals surface area contributed by atoms with Gasteiger partial charge in [-0.3, -0.25) is 4.90 Å². The number of fused-ring (bicyclic) bond motifs is 1. The van der Waals surface area contributed by atoms with Crippen LogP contribution in [0, 0.1) is 0 Å². The lowest BCUT2D eigenvalue weighted by atomic mass is 9.78. The van der Waals surface area contributed by atoms with E-state index in [0.29, 0.717) is 19.3 Å². The lowest BCUT2D eigenvalue weighted by Gasteiger charge is -2.40. The van der Waals surface area contributed by atoms with Gasteiger partial charge in [0.15, 0.2) is 0 Å². The summed E-state index contributed by atoms with van der Waals surface area (Å²) in [7, 11) is 1.27. The first-order valence-electron chi connectivity index (χ1n) is 7.64. The van der Waals surface area contributed by atoms with Crippen LogP contribution in [0.3, 0.4) is 0 Å². The summed E-state index contributed by atoms with van der Waals surface area (Å²) >= 11 is 0. The molecule has 0 aromatic rings. The van der Waals surface area contributed by atoms with E-state index in [1.54, 1.807) is 20.8 Å². The Morgan fingerprint density at radius 2 is 2.00 bits per heavy atom. The second kappa shape index (κ2) is 5.70. The number of likely N-dealkylation sites (tertiary alicyclic amines) is 1. The topological polar surface area (TPSA) is 102 Å². The molecule has 126 valence electrons. The number of carbonyl (C=O) groups excluding carboxylic acids is 2. The van der Waals surface area contributed by atoms with E-state index in [1.165, 1.54) is 12.0 Å². The van der Waals surface area contributed by atoms with Gasteiger partial charge in [-0.2, -0.15) is 0 Å². The molecule has 1 saturated heterocycles. The zero-order chi connectivity index (χ0) is 16.7. The molecule has 7 nitrogen and oxygen atoms in total. The Labute approximate surface area is 130 Å². The van der Waals surface area contributed by atoms with Gasteiger partial charge in [-0.1, -0.05) is 0 Å². The van der Waals surface area contributed by atoms with Gasteiger partial charge < -0.3 is 20.3 Å². The minimum Gasteiger partial charge on any atom is -0.467 e. The quantitative estimate of drug-likeness (QED) is 0.693. The van der Waals surface area contributed by atoms with Crippen molar-refractivity contribution in [3.63, 3.8) is 0 Å². The number of aliphatic hydroxyl groups is 1. The number of hydrogen-bond donors (Lipinski definition) is 2. The zero-order valence-corrected chi connectivity index (χ0v) is 13.7. The molecule has 3 N–H and O–H groups in total. The minimum absolute atomic E-state index is 0.105. The molecule has 2 fully saturated rings. The Kier molecular flexibility index (Phi) is 4.41. The van der Waals surface area contributed by atoms with Gasteiger partial charge in [0.1, 0.15) is 11.6 Å². The number of methoxy groups -OCH3 is 1. The van der Waals surface area contributed by atoms with Crippen molar-refractivity contribution in [3.8, 4) is 0 Å². The molecule has 1 amide bonds. The number of carbonyl (C=O) groups is 2. The summed E-state index contributed by atoms with van der Waals surface area (Å²) in [6.45, 7) is 5.27. The van der Waals surface area contributed by atoms with Crippen molar-refractivity contribution in [1.29, 1.82) is 0 Å². The van der Waals surface area contributed by atoms with Crippen LogP contribution in [0.25, 0.3) is 0 Å². The van der Waals surface area contributed by atoms with Crippen LogP contribution in [0.2, 0.25) is 0 Å². The SMILES string of the molecule is COC(=O)[C@@H]1C[C@@]2(O)CC[C@@H](N)C[C@H]2N1C(=O)OC(C)(C)C. The van der Waals surface area contributed by atoms with Gasteiger partial charge in [0.05, 0.1) is 18.8 Å². The van der Waals surface area contributed by atoms with Crippen LogP contribution in [0.4, 0.5) is 4.79 Å². The first-order valence-corrected chi connectivity index (χ1v) is 7.64. The van der Waals surface area contributed by atoms with Gasteiger partial charge in [-0.15, -0.1) is 0 Å². The molecule has 4 atom stereocenters. The average molecular weight is 314 g/mol. The first-order chi connectivity index (χ1) is 10.1.